The lowest BCUT2D eigenvalue weighted by Gasteiger charge is -2.12. The van der Waals surface area contributed by atoms with Crippen molar-refractivity contribution in [1.29, 1.82) is 0 Å². The summed E-state index contributed by atoms with van der Waals surface area (Å²) in [5.74, 6) is 0.740. The summed E-state index contributed by atoms with van der Waals surface area (Å²) in [7, 11) is 0. The second-order valence-electron chi connectivity index (χ2n) is 5.41. The fraction of sp³-hybridized carbons (Fsp3) is 0.294. The van der Waals surface area contributed by atoms with Crippen LogP contribution >= 0.6 is 15.9 Å². The summed E-state index contributed by atoms with van der Waals surface area (Å²) >= 11 is 3.36. The first-order valence-corrected chi connectivity index (χ1v) is 8.37. The van der Waals surface area contributed by atoms with Crippen molar-refractivity contribution in [2.24, 2.45) is 0 Å². The van der Waals surface area contributed by atoms with Gasteiger partial charge in [-0.05, 0) is 58.6 Å². The number of nitrogens with one attached hydrogen (secondary N) is 2. The van der Waals surface area contributed by atoms with Crippen LogP contribution in [0.3, 0.4) is 0 Å². The molecule has 0 spiro atoms. The number of aromatic nitrogens is 1. The van der Waals surface area contributed by atoms with Crippen LogP contribution in [-0.2, 0) is 16.1 Å². The van der Waals surface area contributed by atoms with E-state index in [1.165, 1.54) is 0 Å². The Morgan fingerprint density at radius 3 is 3.00 bits per heavy atom. The van der Waals surface area contributed by atoms with Gasteiger partial charge in [-0.15, -0.1) is 0 Å². The number of pyridine rings is 1. The van der Waals surface area contributed by atoms with Gasteiger partial charge in [0.05, 0.1) is 0 Å². The number of hydrogen-bond donors (Lipinski definition) is 2. The Bertz CT molecular complexity index is 670. The molecule has 0 aliphatic carbocycles. The van der Waals surface area contributed by atoms with Gasteiger partial charge < -0.3 is 15.4 Å². The van der Waals surface area contributed by atoms with Gasteiger partial charge in [-0.3, -0.25) is 4.79 Å². The fourth-order valence-electron chi connectivity index (χ4n) is 2.44. The van der Waals surface area contributed by atoms with Crippen molar-refractivity contribution in [3.8, 4) is 0 Å². The van der Waals surface area contributed by atoms with Crippen molar-refractivity contribution in [3.63, 3.8) is 0 Å². The summed E-state index contributed by atoms with van der Waals surface area (Å²) in [5.41, 5.74) is 1.86. The lowest BCUT2D eigenvalue weighted by molar-refractivity contribution is -0.124. The highest BCUT2D eigenvalue weighted by molar-refractivity contribution is 9.10. The van der Waals surface area contributed by atoms with Crippen molar-refractivity contribution in [2.45, 2.75) is 25.5 Å². The van der Waals surface area contributed by atoms with E-state index in [1.54, 1.807) is 6.20 Å². The lowest BCUT2D eigenvalue weighted by Crippen LogP contribution is -2.26. The van der Waals surface area contributed by atoms with Crippen molar-refractivity contribution in [1.82, 2.24) is 4.98 Å². The molecule has 1 fully saturated rings. The molecule has 2 heterocycles. The van der Waals surface area contributed by atoms with E-state index in [0.717, 1.165) is 34.4 Å². The Labute approximate surface area is 143 Å². The first-order valence-electron chi connectivity index (χ1n) is 7.57. The summed E-state index contributed by atoms with van der Waals surface area (Å²) < 4.78 is 6.34. The van der Waals surface area contributed by atoms with Crippen LogP contribution in [-0.4, -0.2) is 23.6 Å². The summed E-state index contributed by atoms with van der Waals surface area (Å²) in [6, 6.07) is 11.6. The first kappa shape index (κ1) is 16.0. The molecule has 120 valence electrons. The molecule has 1 aliphatic heterocycles. The topological polar surface area (TPSA) is 63.2 Å². The Morgan fingerprint density at radius 2 is 2.26 bits per heavy atom. The van der Waals surface area contributed by atoms with Gasteiger partial charge in [-0.2, -0.15) is 0 Å². The van der Waals surface area contributed by atoms with E-state index >= 15 is 0 Å². The largest absolute Gasteiger partial charge is 0.368 e. The number of amides is 1. The SMILES string of the molecule is O=C(Nc1cccc(CNc2ccc(Br)cn2)c1)C1CCCO1. The Kier molecular flexibility index (Phi) is 5.25. The number of halogens is 1. The Morgan fingerprint density at radius 1 is 1.35 bits per heavy atom. The third-order valence-electron chi connectivity index (χ3n) is 3.62. The van der Waals surface area contributed by atoms with Crippen molar-refractivity contribution in [2.75, 3.05) is 17.2 Å². The molecule has 2 aromatic rings. The zero-order valence-electron chi connectivity index (χ0n) is 12.6. The van der Waals surface area contributed by atoms with E-state index in [4.69, 9.17) is 4.74 Å². The van der Waals surface area contributed by atoms with Crippen molar-refractivity contribution in [3.05, 3.63) is 52.6 Å². The normalized spacial score (nSPS) is 17.0. The zero-order valence-corrected chi connectivity index (χ0v) is 14.2. The van der Waals surface area contributed by atoms with Gasteiger partial charge in [-0.1, -0.05) is 12.1 Å². The molecule has 1 aromatic heterocycles. The minimum atomic E-state index is -0.316. The average Bonchev–Trinajstić information content (AvgIpc) is 3.09. The molecule has 0 saturated carbocycles. The molecule has 0 bridgehead atoms. The predicted molar refractivity (Wildman–Crippen MR) is 93.3 cm³/mol. The number of carbonyl (C=O) groups excluding carboxylic acids is 1. The maximum Gasteiger partial charge on any atom is 0.253 e. The van der Waals surface area contributed by atoms with Gasteiger partial charge in [0.1, 0.15) is 11.9 Å². The van der Waals surface area contributed by atoms with Gasteiger partial charge in [0.2, 0.25) is 0 Å². The van der Waals surface area contributed by atoms with Crippen LogP contribution in [0.2, 0.25) is 0 Å². The molecular formula is C17H18BrN3O2. The smallest absolute Gasteiger partial charge is 0.253 e. The third kappa shape index (κ3) is 4.53. The minimum absolute atomic E-state index is 0.0674. The van der Waals surface area contributed by atoms with Crippen LogP contribution in [0.5, 0.6) is 0 Å². The van der Waals surface area contributed by atoms with Gasteiger partial charge in [-0.25, -0.2) is 4.98 Å². The molecule has 1 atom stereocenters. The summed E-state index contributed by atoms with van der Waals surface area (Å²) in [6.07, 6.45) is 3.18. The second-order valence-corrected chi connectivity index (χ2v) is 6.32. The predicted octanol–water partition coefficient (Wildman–Crippen LogP) is 3.57. The number of rotatable bonds is 5. The molecule has 1 saturated heterocycles. The third-order valence-corrected chi connectivity index (χ3v) is 4.09. The quantitative estimate of drug-likeness (QED) is 0.838. The maximum atomic E-state index is 12.1. The monoisotopic (exact) mass is 375 g/mol. The Balaban J connectivity index is 1.58. The van der Waals surface area contributed by atoms with Gasteiger partial charge in [0.25, 0.3) is 5.91 Å². The summed E-state index contributed by atoms with van der Waals surface area (Å²) in [4.78, 5) is 16.3. The maximum absolute atomic E-state index is 12.1. The first-order chi connectivity index (χ1) is 11.2. The number of anilines is 2. The van der Waals surface area contributed by atoms with E-state index in [9.17, 15) is 4.79 Å². The van der Waals surface area contributed by atoms with Gasteiger partial charge in [0, 0.05) is 29.5 Å². The molecule has 1 unspecified atom stereocenters. The number of ether oxygens (including phenoxy) is 1. The second kappa shape index (κ2) is 7.57. The van der Waals surface area contributed by atoms with Crippen LogP contribution in [0.15, 0.2) is 47.1 Å². The van der Waals surface area contributed by atoms with Crippen molar-refractivity contribution < 1.29 is 9.53 Å². The molecule has 1 aliphatic rings. The molecule has 1 amide bonds. The van der Waals surface area contributed by atoms with Gasteiger partial charge in [0.15, 0.2) is 0 Å². The molecule has 5 nitrogen and oxygen atoms in total. The lowest BCUT2D eigenvalue weighted by atomic mass is 10.2. The van der Waals surface area contributed by atoms with Crippen LogP contribution in [0, 0.1) is 0 Å². The number of benzene rings is 1. The van der Waals surface area contributed by atoms with E-state index in [0.29, 0.717) is 13.2 Å². The number of nitrogens with zero attached hydrogens (tertiary/aromatic N) is 1. The highest BCUT2D eigenvalue weighted by atomic mass is 79.9. The Hall–Kier alpha value is -1.92. The molecule has 1 aromatic carbocycles. The fourth-order valence-corrected chi connectivity index (χ4v) is 2.67. The van der Waals surface area contributed by atoms with E-state index in [1.807, 2.05) is 36.4 Å². The van der Waals surface area contributed by atoms with E-state index in [-0.39, 0.29) is 12.0 Å². The van der Waals surface area contributed by atoms with Crippen LogP contribution < -0.4 is 10.6 Å². The molecule has 6 heteroatoms. The van der Waals surface area contributed by atoms with E-state index in [2.05, 4.69) is 31.5 Å². The number of carbonyl (C=O) groups is 1. The van der Waals surface area contributed by atoms with Crippen LogP contribution in [0.1, 0.15) is 18.4 Å². The molecular weight excluding hydrogens is 358 g/mol. The van der Waals surface area contributed by atoms with Crippen LogP contribution in [0.4, 0.5) is 11.5 Å². The highest BCUT2D eigenvalue weighted by Crippen LogP contribution is 2.17. The average molecular weight is 376 g/mol. The molecule has 3 rings (SSSR count). The van der Waals surface area contributed by atoms with Crippen molar-refractivity contribution >= 4 is 33.3 Å². The minimum Gasteiger partial charge on any atom is -0.368 e. The summed E-state index contributed by atoms with van der Waals surface area (Å²) in [5, 5.41) is 6.17. The zero-order chi connectivity index (χ0) is 16.1. The summed E-state index contributed by atoms with van der Waals surface area (Å²) in [6.45, 7) is 1.31. The van der Waals surface area contributed by atoms with Crippen LogP contribution in [0.25, 0.3) is 0 Å². The molecule has 0 radical (unpaired) electrons. The van der Waals surface area contributed by atoms with Gasteiger partial charge >= 0.3 is 0 Å². The molecule has 2 N–H and O–H groups in total. The number of hydrogen-bond acceptors (Lipinski definition) is 4. The highest BCUT2D eigenvalue weighted by Gasteiger charge is 2.23. The standard InChI is InChI=1S/C17H18BrN3O2/c18-13-6-7-16(20-11-13)19-10-12-3-1-4-14(9-12)21-17(22)15-5-2-8-23-15/h1,3-4,6-7,9,11,15H,2,5,8,10H2,(H,19,20)(H,21,22). The van der Waals surface area contributed by atoms with E-state index < -0.39 is 0 Å². The molecule has 23 heavy (non-hydrogen) atoms.